The number of aromatic nitrogens is 2. The van der Waals surface area contributed by atoms with Gasteiger partial charge in [-0.2, -0.15) is 0 Å². The van der Waals surface area contributed by atoms with Gasteiger partial charge in [-0.25, -0.2) is 9.97 Å². The molecule has 0 aliphatic heterocycles. The molecule has 5 aromatic rings. The van der Waals surface area contributed by atoms with Gasteiger partial charge < -0.3 is 0 Å². The van der Waals surface area contributed by atoms with Crippen molar-refractivity contribution in [3.8, 4) is 33.9 Å². The summed E-state index contributed by atoms with van der Waals surface area (Å²) in [5, 5.41) is 0. The third kappa shape index (κ3) is 5.51. The number of benzene rings is 4. The molecule has 168 valence electrons. The summed E-state index contributed by atoms with van der Waals surface area (Å²) in [4.78, 5) is 22.3. The predicted octanol–water partition coefficient (Wildman–Crippen LogP) is 8.14. The number of carbonyl (C=O) groups excluding carboxylic acids is 1. The number of ketones is 1. The Hall–Kier alpha value is -4.15. The summed E-state index contributed by atoms with van der Waals surface area (Å²) < 4.78 is 0.906. The Balaban J connectivity index is 1.57. The molecule has 1 heterocycles. The zero-order valence-electron chi connectivity index (χ0n) is 18.8. The summed E-state index contributed by atoms with van der Waals surface area (Å²) in [5.41, 5.74) is 6.14. The fourth-order valence-electron chi connectivity index (χ4n) is 3.80. The molecule has 0 fully saturated rings. The highest BCUT2D eigenvalue weighted by molar-refractivity contribution is 9.10. The fraction of sp³-hybridized carbons (Fsp3) is 0. The van der Waals surface area contributed by atoms with E-state index in [4.69, 9.17) is 9.97 Å². The lowest BCUT2D eigenvalue weighted by Crippen LogP contribution is -1.96. The van der Waals surface area contributed by atoms with Crippen LogP contribution in [-0.2, 0) is 0 Å². The molecule has 0 saturated carbocycles. The second-order valence-electron chi connectivity index (χ2n) is 8.03. The van der Waals surface area contributed by atoms with Crippen molar-refractivity contribution in [2.45, 2.75) is 0 Å². The molecular weight excluding hydrogens is 496 g/mol. The number of allylic oxidation sites excluding steroid dienone is 1. The quantitative estimate of drug-likeness (QED) is 0.169. The van der Waals surface area contributed by atoms with E-state index in [2.05, 4.69) is 15.9 Å². The maximum Gasteiger partial charge on any atom is 0.185 e. The van der Waals surface area contributed by atoms with E-state index in [9.17, 15) is 4.79 Å². The summed E-state index contributed by atoms with van der Waals surface area (Å²) in [7, 11) is 0. The van der Waals surface area contributed by atoms with Crippen LogP contribution in [0.2, 0.25) is 0 Å². The highest BCUT2D eigenvalue weighted by Gasteiger charge is 2.11. The lowest BCUT2D eigenvalue weighted by Gasteiger charge is -2.10. The van der Waals surface area contributed by atoms with Crippen molar-refractivity contribution in [3.63, 3.8) is 0 Å². The van der Waals surface area contributed by atoms with Crippen molar-refractivity contribution in [2.75, 3.05) is 0 Å². The molecule has 0 bridgehead atoms. The molecule has 0 unspecified atom stereocenters. The molecule has 1 aromatic heterocycles. The van der Waals surface area contributed by atoms with Crippen LogP contribution in [-0.4, -0.2) is 15.8 Å². The maximum absolute atomic E-state index is 12.5. The Labute approximate surface area is 213 Å². The Bertz CT molecular complexity index is 1440. The van der Waals surface area contributed by atoms with Crippen LogP contribution in [0.25, 0.3) is 40.0 Å². The van der Waals surface area contributed by atoms with Crippen LogP contribution in [0.1, 0.15) is 15.9 Å². The van der Waals surface area contributed by atoms with Gasteiger partial charge in [0.15, 0.2) is 11.6 Å². The first-order valence-electron chi connectivity index (χ1n) is 11.2. The summed E-state index contributed by atoms with van der Waals surface area (Å²) in [6, 6.07) is 37.4. The van der Waals surface area contributed by atoms with Crippen molar-refractivity contribution in [1.29, 1.82) is 0 Å². The van der Waals surface area contributed by atoms with Crippen LogP contribution in [0.3, 0.4) is 0 Å². The zero-order valence-corrected chi connectivity index (χ0v) is 20.4. The molecule has 4 aromatic carbocycles. The SMILES string of the molecule is O=C(C=Cc1cc(Br)cc(-c2cc(-c3ccccc3)nc(-c3ccccc3)n2)c1)c1ccccc1. The lowest BCUT2D eigenvalue weighted by atomic mass is 10.0. The third-order valence-electron chi connectivity index (χ3n) is 5.53. The number of hydrogen-bond acceptors (Lipinski definition) is 3. The number of carbonyl (C=O) groups is 1. The second-order valence-corrected chi connectivity index (χ2v) is 8.95. The van der Waals surface area contributed by atoms with Gasteiger partial charge in [0, 0.05) is 26.7 Å². The Morgan fingerprint density at radius 2 is 1.20 bits per heavy atom. The number of hydrogen-bond donors (Lipinski definition) is 0. The first-order chi connectivity index (χ1) is 17.2. The number of nitrogens with zero attached hydrogens (tertiary/aromatic N) is 2. The normalized spacial score (nSPS) is 11.0. The zero-order chi connectivity index (χ0) is 24.0. The van der Waals surface area contributed by atoms with Gasteiger partial charge in [-0.15, -0.1) is 0 Å². The average Bonchev–Trinajstić information content (AvgIpc) is 2.92. The van der Waals surface area contributed by atoms with E-state index < -0.39 is 0 Å². The van der Waals surface area contributed by atoms with Gasteiger partial charge >= 0.3 is 0 Å². The molecule has 0 saturated heterocycles. The van der Waals surface area contributed by atoms with Gasteiger partial charge in [0.25, 0.3) is 0 Å². The molecular formula is C31H21BrN2O. The summed E-state index contributed by atoms with van der Waals surface area (Å²) in [6.07, 6.45) is 3.44. The molecule has 35 heavy (non-hydrogen) atoms. The van der Waals surface area contributed by atoms with Gasteiger partial charge in [-0.1, -0.05) is 113 Å². The van der Waals surface area contributed by atoms with Crippen LogP contribution in [0.4, 0.5) is 0 Å². The summed E-state index contributed by atoms with van der Waals surface area (Å²) in [6.45, 7) is 0. The van der Waals surface area contributed by atoms with E-state index in [-0.39, 0.29) is 5.78 Å². The van der Waals surface area contributed by atoms with E-state index in [0.29, 0.717) is 11.4 Å². The molecule has 0 aliphatic carbocycles. The van der Waals surface area contributed by atoms with Gasteiger partial charge in [0.2, 0.25) is 0 Å². The van der Waals surface area contributed by atoms with Crippen LogP contribution in [0, 0.1) is 0 Å². The Kier molecular flexibility index (Phi) is 6.73. The molecule has 3 nitrogen and oxygen atoms in total. The largest absolute Gasteiger partial charge is 0.289 e. The van der Waals surface area contributed by atoms with E-state index in [1.54, 1.807) is 6.08 Å². The molecule has 0 aliphatic rings. The topological polar surface area (TPSA) is 42.9 Å². The van der Waals surface area contributed by atoms with E-state index in [0.717, 1.165) is 38.1 Å². The molecule has 0 radical (unpaired) electrons. The number of rotatable bonds is 6. The van der Waals surface area contributed by atoms with Crippen molar-refractivity contribution < 1.29 is 4.79 Å². The van der Waals surface area contributed by atoms with Crippen LogP contribution < -0.4 is 0 Å². The highest BCUT2D eigenvalue weighted by Crippen LogP contribution is 2.30. The van der Waals surface area contributed by atoms with Crippen molar-refractivity contribution in [1.82, 2.24) is 9.97 Å². The number of halogens is 1. The Morgan fingerprint density at radius 1 is 0.629 bits per heavy atom. The monoisotopic (exact) mass is 516 g/mol. The van der Waals surface area contributed by atoms with Crippen LogP contribution in [0.5, 0.6) is 0 Å². The first-order valence-corrected chi connectivity index (χ1v) is 12.0. The Morgan fingerprint density at radius 3 is 1.86 bits per heavy atom. The van der Waals surface area contributed by atoms with E-state index >= 15 is 0 Å². The molecule has 0 amide bonds. The van der Waals surface area contributed by atoms with Crippen molar-refractivity contribution in [2.24, 2.45) is 0 Å². The molecule has 0 N–H and O–H groups in total. The molecule has 4 heteroatoms. The lowest BCUT2D eigenvalue weighted by molar-refractivity contribution is 0.104. The molecule has 0 spiro atoms. The van der Waals surface area contributed by atoms with Gasteiger partial charge in [0.05, 0.1) is 11.4 Å². The van der Waals surface area contributed by atoms with Crippen molar-refractivity contribution in [3.05, 3.63) is 137 Å². The van der Waals surface area contributed by atoms with Crippen LogP contribution >= 0.6 is 15.9 Å². The highest BCUT2D eigenvalue weighted by atomic mass is 79.9. The summed E-state index contributed by atoms with van der Waals surface area (Å²) in [5.74, 6) is 0.630. The van der Waals surface area contributed by atoms with Gasteiger partial charge in [-0.05, 0) is 35.9 Å². The minimum atomic E-state index is -0.0353. The maximum atomic E-state index is 12.5. The smallest absolute Gasteiger partial charge is 0.185 e. The van der Waals surface area contributed by atoms with Crippen molar-refractivity contribution >= 4 is 27.8 Å². The fourth-order valence-corrected chi connectivity index (χ4v) is 4.31. The third-order valence-corrected chi connectivity index (χ3v) is 5.99. The van der Waals surface area contributed by atoms with E-state index in [1.807, 2.05) is 121 Å². The van der Waals surface area contributed by atoms with Gasteiger partial charge in [0.1, 0.15) is 0 Å². The standard InChI is InChI=1S/C31H21BrN2O/c32-27-19-22(16-17-30(35)24-12-6-2-7-13-24)18-26(20-27)29-21-28(23-10-4-1-5-11-23)33-31(34-29)25-14-8-3-9-15-25/h1-21H. The summed E-state index contributed by atoms with van der Waals surface area (Å²) >= 11 is 3.63. The minimum absolute atomic E-state index is 0.0353. The first kappa shape index (κ1) is 22.6. The average molecular weight is 517 g/mol. The minimum Gasteiger partial charge on any atom is -0.289 e. The van der Waals surface area contributed by atoms with Gasteiger partial charge in [-0.3, -0.25) is 4.79 Å². The second kappa shape index (κ2) is 10.4. The molecule has 5 rings (SSSR count). The van der Waals surface area contributed by atoms with Crippen LogP contribution in [0.15, 0.2) is 126 Å². The predicted molar refractivity (Wildman–Crippen MR) is 146 cm³/mol. The van der Waals surface area contributed by atoms with E-state index in [1.165, 1.54) is 0 Å². The molecule has 0 atom stereocenters.